The van der Waals surface area contributed by atoms with Gasteiger partial charge in [0.2, 0.25) is 4.77 Å². The van der Waals surface area contributed by atoms with Gasteiger partial charge in [-0.3, -0.25) is 0 Å². The topological polar surface area (TPSA) is 50.9 Å². The van der Waals surface area contributed by atoms with Crippen LogP contribution in [0.2, 0.25) is 0 Å². The van der Waals surface area contributed by atoms with Crippen LogP contribution in [0.5, 0.6) is 0 Å². The van der Waals surface area contributed by atoms with Gasteiger partial charge in [-0.2, -0.15) is 14.9 Å². The highest BCUT2D eigenvalue weighted by molar-refractivity contribution is 7.71. The Balaban J connectivity index is 2.03. The molecule has 0 aliphatic rings. The van der Waals surface area contributed by atoms with Crippen molar-refractivity contribution in [3.05, 3.63) is 59.1 Å². The Morgan fingerprint density at radius 3 is 2.70 bits per heavy atom. The number of nitrogens with zero attached hydrogens (tertiary/aromatic N) is 4. The Kier molecular flexibility index (Phi) is 3.30. The monoisotopic (exact) mass is 283 g/mol. The lowest BCUT2D eigenvalue weighted by Gasteiger charge is -2.00. The lowest BCUT2D eigenvalue weighted by Crippen LogP contribution is -1.98. The molecule has 2 heterocycles. The molecule has 0 saturated heterocycles. The number of rotatable bonds is 3. The summed E-state index contributed by atoms with van der Waals surface area (Å²) < 4.78 is 4.07. The lowest BCUT2D eigenvalue weighted by atomic mass is 10.2. The zero-order valence-corrected chi connectivity index (χ0v) is 11.7. The van der Waals surface area contributed by atoms with Gasteiger partial charge >= 0.3 is 0 Å². The van der Waals surface area contributed by atoms with Crippen molar-refractivity contribution >= 4 is 18.4 Å². The van der Waals surface area contributed by atoms with E-state index >= 15 is 0 Å². The van der Waals surface area contributed by atoms with Crippen LogP contribution in [0.1, 0.15) is 5.69 Å². The van der Waals surface area contributed by atoms with Crippen molar-refractivity contribution in [2.75, 3.05) is 0 Å². The predicted octanol–water partition coefficient (Wildman–Crippen LogP) is 2.83. The summed E-state index contributed by atoms with van der Waals surface area (Å²) in [7, 11) is 1.97. The summed E-state index contributed by atoms with van der Waals surface area (Å²) >= 11 is 5.22. The maximum absolute atomic E-state index is 5.22. The number of benzene rings is 1. The summed E-state index contributed by atoms with van der Waals surface area (Å²) in [5.74, 6) is 0.695. The van der Waals surface area contributed by atoms with Gasteiger partial charge in [-0.25, -0.2) is 5.10 Å². The molecule has 3 rings (SSSR count). The Hall–Kier alpha value is -2.47. The van der Waals surface area contributed by atoms with Crippen molar-refractivity contribution in [1.29, 1.82) is 0 Å². The molecule has 100 valence electrons. The summed E-state index contributed by atoms with van der Waals surface area (Å²) in [5, 5.41) is 11.4. The highest BCUT2D eigenvalue weighted by atomic mass is 32.1. The summed E-state index contributed by atoms with van der Waals surface area (Å²) in [4.78, 5) is 0. The summed E-state index contributed by atoms with van der Waals surface area (Å²) in [6.45, 7) is 0. The zero-order valence-electron chi connectivity index (χ0n) is 10.9. The molecule has 2 aromatic heterocycles. The number of hydrogen-bond donors (Lipinski definition) is 1. The molecule has 1 N–H and O–H groups in total. The molecular weight excluding hydrogens is 270 g/mol. The van der Waals surface area contributed by atoms with Gasteiger partial charge in [0.05, 0.1) is 11.9 Å². The van der Waals surface area contributed by atoms with Crippen LogP contribution in [0.15, 0.2) is 53.8 Å². The van der Waals surface area contributed by atoms with E-state index in [0.717, 1.165) is 11.3 Å². The smallest absolute Gasteiger partial charge is 0.216 e. The van der Waals surface area contributed by atoms with E-state index in [1.54, 1.807) is 10.9 Å². The summed E-state index contributed by atoms with van der Waals surface area (Å²) in [6, 6.07) is 13.8. The Morgan fingerprint density at radius 2 is 2.00 bits per heavy atom. The Bertz CT molecular complexity index is 794. The van der Waals surface area contributed by atoms with E-state index in [2.05, 4.69) is 15.3 Å². The fourth-order valence-corrected chi connectivity index (χ4v) is 2.08. The van der Waals surface area contributed by atoms with Gasteiger partial charge in [0.15, 0.2) is 5.82 Å². The fourth-order valence-electron chi connectivity index (χ4n) is 1.90. The average Bonchev–Trinajstić information content (AvgIpc) is 3.04. The van der Waals surface area contributed by atoms with E-state index in [1.807, 2.05) is 60.3 Å². The number of H-pyrrole nitrogens is 1. The zero-order chi connectivity index (χ0) is 13.9. The molecule has 5 nitrogen and oxygen atoms in total. The standard InChI is InChI=1S/C14H13N5S/c1-18-9-5-8-12(18)10-15-19-13(16-17-14(19)20)11-6-3-2-4-7-11/h2-10H,1H3,(H,17,20). The van der Waals surface area contributed by atoms with Crippen molar-refractivity contribution in [3.8, 4) is 11.4 Å². The van der Waals surface area contributed by atoms with Gasteiger partial charge in [-0.05, 0) is 24.4 Å². The molecule has 1 aromatic carbocycles. The van der Waals surface area contributed by atoms with E-state index in [4.69, 9.17) is 12.2 Å². The molecule has 0 atom stereocenters. The number of hydrogen-bond acceptors (Lipinski definition) is 3. The van der Waals surface area contributed by atoms with Gasteiger partial charge < -0.3 is 4.57 Å². The number of aryl methyl sites for hydroxylation is 1. The molecule has 0 amide bonds. The molecule has 6 heteroatoms. The van der Waals surface area contributed by atoms with Gasteiger partial charge in [-0.15, -0.1) is 0 Å². The molecule has 3 aromatic rings. The number of nitrogens with one attached hydrogen (secondary N) is 1. The van der Waals surface area contributed by atoms with Gasteiger partial charge in [0, 0.05) is 18.8 Å². The second kappa shape index (κ2) is 5.26. The van der Waals surface area contributed by atoms with Crippen molar-refractivity contribution in [2.24, 2.45) is 12.1 Å². The van der Waals surface area contributed by atoms with Gasteiger partial charge in [-0.1, -0.05) is 30.3 Å². The first-order chi connectivity index (χ1) is 9.75. The molecule has 0 spiro atoms. The minimum atomic E-state index is 0.467. The first kappa shape index (κ1) is 12.6. The van der Waals surface area contributed by atoms with Crippen molar-refractivity contribution in [1.82, 2.24) is 19.4 Å². The molecule has 0 radical (unpaired) electrons. The van der Waals surface area contributed by atoms with Crippen LogP contribution in [0, 0.1) is 4.77 Å². The fraction of sp³-hybridized carbons (Fsp3) is 0.0714. The van der Waals surface area contributed by atoms with Crippen LogP contribution < -0.4 is 0 Å². The van der Waals surface area contributed by atoms with Crippen LogP contribution in [-0.4, -0.2) is 25.7 Å². The van der Waals surface area contributed by atoms with E-state index in [1.165, 1.54) is 0 Å². The number of aromatic amines is 1. The van der Waals surface area contributed by atoms with Crippen molar-refractivity contribution < 1.29 is 0 Å². The molecule has 0 unspecified atom stereocenters. The molecular formula is C14H13N5S. The third-order valence-electron chi connectivity index (χ3n) is 2.97. The quantitative estimate of drug-likeness (QED) is 0.593. The maximum atomic E-state index is 5.22. The lowest BCUT2D eigenvalue weighted by molar-refractivity contribution is 0.862. The molecule has 20 heavy (non-hydrogen) atoms. The van der Waals surface area contributed by atoms with Crippen LogP contribution in [0.3, 0.4) is 0 Å². The molecule has 0 aliphatic carbocycles. The second-order valence-electron chi connectivity index (χ2n) is 4.32. The minimum absolute atomic E-state index is 0.467. The average molecular weight is 283 g/mol. The van der Waals surface area contributed by atoms with E-state index < -0.39 is 0 Å². The third kappa shape index (κ3) is 2.33. The van der Waals surface area contributed by atoms with E-state index in [9.17, 15) is 0 Å². The SMILES string of the molecule is Cn1cccc1C=Nn1c(-c2ccccc2)n[nH]c1=S. The molecule has 0 bridgehead atoms. The van der Waals surface area contributed by atoms with Crippen LogP contribution in [-0.2, 0) is 7.05 Å². The highest BCUT2D eigenvalue weighted by Gasteiger charge is 2.07. The third-order valence-corrected chi connectivity index (χ3v) is 3.24. The van der Waals surface area contributed by atoms with Crippen molar-refractivity contribution in [2.45, 2.75) is 0 Å². The largest absolute Gasteiger partial charge is 0.350 e. The summed E-state index contributed by atoms with van der Waals surface area (Å²) in [6.07, 6.45) is 3.73. The van der Waals surface area contributed by atoms with Crippen LogP contribution in [0.25, 0.3) is 11.4 Å². The molecule has 0 fully saturated rings. The van der Waals surface area contributed by atoms with Gasteiger partial charge in [0.1, 0.15) is 0 Å². The second-order valence-corrected chi connectivity index (χ2v) is 4.71. The number of aromatic nitrogens is 4. The molecule has 0 saturated carbocycles. The van der Waals surface area contributed by atoms with E-state index in [0.29, 0.717) is 10.6 Å². The first-order valence-corrected chi connectivity index (χ1v) is 6.55. The van der Waals surface area contributed by atoms with E-state index in [-0.39, 0.29) is 0 Å². The van der Waals surface area contributed by atoms with Gasteiger partial charge in [0.25, 0.3) is 0 Å². The molecule has 0 aliphatic heterocycles. The first-order valence-electron chi connectivity index (χ1n) is 6.14. The Labute approximate surface area is 121 Å². The van der Waals surface area contributed by atoms with Crippen molar-refractivity contribution in [3.63, 3.8) is 0 Å². The summed E-state index contributed by atoms with van der Waals surface area (Å²) in [5.41, 5.74) is 1.95. The Morgan fingerprint density at radius 1 is 1.20 bits per heavy atom. The van der Waals surface area contributed by atoms with Crippen LogP contribution >= 0.6 is 12.2 Å². The highest BCUT2D eigenvalue weighted by Crippen LogP contribution is 2.16. The van der Waals surface area contributed by atoms with Crippen LogP contribution in [0.4, 0.5) is 0 Å². The normalized spacial score (nSPS) is 11.2. The predicted molar refractivity (Wildman–Crippen MR) is 81.3 cm³/mol. The minimum Gasteiger partial charge on any atom is -0.350 e. The maximum Gasteiger partial charge on any atom is 0.216 e.